The molecule has 0 aromatic carbocycles. The molecule has 0 aliphatic carbocycles. The Morgan fingerprint density at radius 1 is 1.82 bits per heavy atom. The molecule has 0 atom stereocenters. The highest BCUT2D eigenvalue weighted by Gasteiger charge is 2.05. The van der Waals surface area contributed by atoms with Crippen LogP contribution in [0.5, 0.6) is 0 Å². The molecule has 0 spiro atoms. The lowest BCUT2D eigenvalue weighted by Crippen LogP contribution is -1.93. The zero-order chi connectivity index (χ0) is 8.10. The molecule has 1 aromatic rings. The third-order valence-electron chi connectivity index (χ3n) is 1.21. The normalized spacial score (nSPS) is 9.45. The van der Waals surface area contributed by atoms with Gasteiger partial charge in [-0.1, -0.05) is 10.6 Å². The number of hydrogen-bond donors (Lipinski definition) is 0. The van der Waals surface area contributed by atoms with Crippen LogP contribution in [0.1, 0.15) is 22.5 Å². The van der Waals surface area contributed by atoms with Gasteiger partial charge in [0.25, 0.3) is 0 Å². The van der Waals surface area contributed by atoms with E-state index in [4.69, 9.17) is 0 Å². The molecule has 0 aliphatic heterocycles. The van der Waals surface area contributed by atoms with Crippen molar-refractivity contribution >= 4 is 17.3 Å². The SMILES string of the molecule is C=CCCC(=O)c1cnns1. The van der Waals surface area contributed by atoms with Gasteiger partial charge in [0.15, 0.2) is 5.78 Å². The number of hydrogen-bond acceptors (Lipinski definition) is 4. The minimum Gasteiger partial charge on any atom is -0.293 e. The summed E-state index contributed by atoms with van der Waals surface area (Å²) >= 11 is 1.14. The van der Waals surface area contributed by atoms with Gasteiger partial charge in [0.05, 0.1) is 6.20 Å². The Labute approximate surface area is 68.9 Å². The van der Waals surface area contributed by atoms with E-state index >= 15 is 0 Å². The largest absolute Gasteiger partial charge is 0.293 e. The van der Waals surface area contributed by atoms with Crippen LogP contribution >= 0.6 is 11.5 Å². The van der Waals surface area contributed by atoms with Crippen molar-refractivity contribution in [3.05, 3.63) is 23.7 Å². The predicted molar refractivity (Wildman–Crippen MR) is 43.7 cm³/mol. The first-order valence-electron chi connectivity index (χ1n) is 3.26. The number of carbonyl (C=O) groups is 1. The molecular weight excluding hydrogens is 160 g/mol. The summed E-state index contributed by atoms with van der Waals surface area (Å²) in [6, 6.07) is 0. The lowest BCUT2D eigenvalue weighted by Gasteiger charge is -1.89. The minimum atomic E-state index is 0.0971. The average Bonchev–Trinajstić information content (AvgIpc) is 2.52. The van der Waals surface area contributed by atoms with Gasteiger partial charge in [-0.2, -0.15) is 0 Å². The molecule has 0 aliphatic rings. The Bertz CT molecular complexity index is 243. The quantitative estimate of drug-likeness (QED) is 0.507. The van der Waals surface area contributed by atoms with Gasteiger partial charge in [0.2, 0.25) is 0 Å². The molecule has 0 N–H and O–H groups in total. The zero-order valence-electron chi connectivity index (χ0n) is 5.99. The van der Waals surface area contributed by atoms with Crippen LogP contribution in [0.2, 0.25) is 0 Å². The number of rotatable bonds is 4. The fourth-order valence-corrected chi connectivity index (χ4v) is 1.13. The van der Waals surface area contributed by atoms with Crippen LogP contribution in [0.25, 0.3) is 0 Å². The van der Waals surface area contributed by atoms with E-state index in [0.717, 1.165) is 18.0 Å². The Morgan fingerprint density at radius 3 is 3.18 bits per heavy atom. The lowest BCUT2D eigenvalue weighted by molar-refractivity contribution is 0.0987. The van der Waals surface area contributed by atoms with Crippen molar-refractivity contribution in [2.45, 2.75) is 12.8 Å². The van der Waals surface area contributed by atoms with Crippen molar-refractivity contribution in [3.63, 3.8) is 0 Å². The van der Waals surface area contributed by atoms with E-state index in [1.165, 1.54) is 6.20 Å². The topological polar surface area (TPSA) is 42.9 Å². The zero-order valence-corrected chi connectivity index (χ0v) is 6.80. The van der Waals surface area contributed by atoms with Gasteiger partial charge in [-0.3, -0.25) is 4.79 Å². The van der Waals surface area contributed by atoms with Gasteiger partial charge in [-0.25, -0.2) is 0 Å². The van der Waals surface area contributed by atoms with E-state index in [1.807, 2.05) is 0 Å². The van der Waals surface area contributed by atoms with Crippen molar-refractivity contribution in [3.8, 4) is 0 Å². The van der Waals surface area contributed by atoms with Crippen LogP contribution in [0.15, 0.2) is 18.9 Å². The van der Waals surface area contributed by atoms with Gasteiger partial charge >= 0.3 is 0 Å². The van der Waals surface area contributed by atoms with Crippen molar-refractivity contribution in [2.24, 2.45) is 0 Å². The highest BCUT2D eigenvalue weighted by Crippen LogP contribution is 2.07. The molecule has 4 heteroatoms. The Kier molecular flexibility index (Phi) is 2.92. The maximum Gasteiger partial charge on any atom is 0.176 e. The summed E-state index contributed by atoms with van der Waals surface area (Å²) in [6.45, 7) is 3.53. The molecular formula is C7H8N2OS. The summed E-state index contributed by atoms with van der Waals surface area (Å²) in [4.78, 5) is 11.8. The van der Waals surface area contributed by atoms with Crippen LogP contribution in [0.4, 0.5) is 0 Å². The summed E-state index contributed by atoms with van der Waals surface area (Å²) in [7, 11) is 0. The summed E-state index contributed by atoms with van der Waals surface area (Å²) in [6.07, 6.45) is 4.45. The Balaban J connectivity index is 2.49. The summed E-state index contributed by atoms with van der Waals surface area (Å²) in [5, 5.41) is 3.57. The summed E-state index contributed by atoms with van der Waals surface area (Å²) < 4.78 is 3.60. The van der Waals surface area contributed by atoms with E-state index in [2.05, 4.69) is 16.2 Å². The van der Waals surface area contributed by atoms with Gasteiger partial charge in [0, 0.05) is 6.42 Å². The maximum absolute atomic E-state index is 11.1. The number of aromatic nitrogens is 2. The lowest BCUT2D eigenvalue weighted by atomic mass is 10.2. The first-order valence-corrected chi connectivity index (χ1v) is 4.03. The molecule has 0 amide bonds. The predicted octanol–water partition coefficient (Wildman–Crippen LogP) is 1.69. The highest BCUT2D eigenvalue weighted by atomic mass is 32.1. The van der Waals surface area contributed by atoms with Gasteiger partial charge in [-0.05, 0) is 18.0 Å². The first-order chi connectivity index (χ1) is 5.34. The van der Waals surface area contributed by atoms with Crippen molar-refractivity contribution < 1.29 is 4.79 Å². The molecule has 3 nitrogen and oxygen atoms in total. The molecule has 0 radical (unpaired) electrons. The number of allylic oxidation sites excluding steroid dienone is 1. The monoisotopic (exact) mass is 168 g/mol. The van der Waals surface area contributed by atoms with E-state index < -0.39 is 0 Å². The first kappa shape index (κ1) is 8.07. The number of ketones is 1. The third kappa shape index (κ3) is 2.23. The molecule has 0 bridgehead atoms. The smallest absolute Gasteiger partial charge is 0.176 e. The van der Waals surface area contributed by atoms with E-state index in [1.54, 1.807) is 6.08 Å². The van der Waals surface area contributed by atoms with Crippen molar-refractivity contribution in [1.29, 1.82) is 0 Å². The number of Topliss-reactive ketones (excluding diaryl/α,β-unsaturated/α-hetero) is 1. The second kappa shape index (κ2) is 3.98. The summed E-state index contributed by atoms with van der Waals surface area (Å²) in [5.74, 6) is 0.0971. The highest BCUT2D eigenvalue weighted by molar-refractivity contribution is 7.07. The molecule has 1 rings (SSSR count). The van der Waals surface area contributed by atoms with Crippen molar-refractivity contribution in [1.82, 2.24) is 9.59 Å². The molecule has 0 fully saturated rings. The van der Waals surface area contributed by atoms with Gasteiger partial charge in [-0.15, -0.1) is 11.7 Å². The number of nitrogens with zero attached hydrogens (tertiary/aromatic N) is 2. The molecule has 11 heavy (non-hydrogen) atoms. The van der Waals surface area contributed by atoms with E-state index in [9.17, 15) is 4.79 Å². The van der Waals surface area contributed by atoms with Crippen LogP contribution in [-0.2, 0) is 0 Å². The second-order valence-electron chi connectivity index (χ2n) is 2.03. The van der Waals surface area contributed by atoms with Crippen LogP contribution in [0.3, 0.4) is 0 Å². The van der Waals surface area contributed by atoms with Crippen LogP contribution in [-0.4, -0.2) is 15.4 Å². The fourth-order valence-electron chi connectivity index (χ4n) is 0.646. The molecule has 0 saturated heterocycles. The standard InChI is InChI=1S/C7H8N2OS/c1-2-3-4-6(10)7-5-8-9-11-7/h2,5H,1,3-4H2. The van der Waals surface area contributed by atoms with E-state index in [-0.39, 0.29) is 5.78 Å². The average molecular weight is 168 g/mol. The molecule has 1 heterocycles. The molecule has 0 unspecified atom stereocenters. The van der Waals surface area contributed by atoms with Crippen LogP contribution in [0, 0.1) is 0 Å². The molecule has 0 saturated carbocycles. The fraction of sp³-hybridized carbons (Fsp3) is 0.286. The van der Waals surface area contributed by atoms with Crippen LogP contribution < -0.4 is 0 Å². The van der Waals surface area contributed by atoms with Gasteiger partial charge in [0.1, 0.15) is 4.88 Å². The molecule has 58 valence electrons. The number of carbonyl (C=O) groups excluding carboxylic acids is 1. The maximum atomic E-state index is 11.1. The Hall–Kier alpha value is -1.03. The summed E-state index contributed by atoms with van der Waals surface area (Å²) in [5.41, 5.74) is 0. The molecule has 1 aromatic heterocycles. The van der Waals surface area contributed by atoms with Gasteiger partial charge < -0.3 is 0 Å². The third-order valence-corrected chi connectivity index (χ3v) is 1.92. The Morgan fingerprint density at radius 2 is 2.64 bits per heavy atom. The second-order valence-corrected chi connectivity index (χ2v) is 2.82. The van der Waals surface area contributed by atoms with Crippen molar-refractivity contribution in [2.75, 3.05) is 0 Å². The van der Waals surface area contributed by atoms with E-state index in [0.29, 0.717) is 11.3 Å². The minimum absolute atomic E-state index is 0.0971.